The lowest BCUT2D eigenvalue weighted by Crippen LogP contribution is -2.28. The van der Waals surface area contributed by atoms with Crippen molar-refractivity contribution in [1.29, 1.82) is 5.41 Å². The molecule has 1 aliphatic rings. The number of hydrogen-bond acceptors (Lipinski definition) is 5. The van der Waals surface area contributed by atoms with E-state index in [1.165, 1.54) is 12.4 Å². The molecule has 0 bridgehead atoms. The fourth-order valence-corrected chi connectivity index (χ4v) is 2.64. The molecule has 0 spiro atoms. The fraction of sp³-hybridized carbons (Fsp3) is 0.375. The largest absolute Gasteiger partial charge is 0.337 e. The van der Waals surface area contributed by atoms with Gasteiger partial charge in [0.1, 0.15) is 12.2 Å². The molecule has 126 valence electrons. The van der Waals surface area contributed by atoms with Gasteiger partial charge in [-0.3, -0.25) is 5.41 Å². The van der Waals surface area contributed by atoms with Crippen LogP contribution >= 0.6 is 0 Å². The predicted molar refractivity (Wildman–Crippen MR) is 87.2 cm³/mol. The molecule has 0 aromatic carbocycles. The summed E-state index contributed by atoms with van der Waals surface area (Å²) in [5, 5.41) is 10.5. The van der Waals surface area contributed by atoms with Gasteiger partial charge >= 0.3 is 0 Å². The Balaban J connectivity index is 1.76. The summed E-state index contributed by atoms with van der Waals surface area (Å²) < 4.78 is 24.6. The van der Waals surface area contributed by atoms with E-state index in [1.54, 1.807) is 6.20 Å². The zero-order valence-electron chi connectivity index (χ0n) is 13.0. The van der Waals surface area contributed by atoms with Crippen molar-refractivity contribution in [3.63, 3.8) is 0 Å². The second-order valence-electron chi connectivity index (χ2n) is 5.64. The van der Waals surface area contributed by atoms with Crippen LogP contribution in [-0.4, -0.2) is 45.2 Å². The van der Waals surface area contributed by atoms with Crippen LogP contribution in [0.4, 0.5) is 8.78 Å². The molecule has 0 saturated carbocycles. The Hall–Kier alpha value is -2.48. The van der Waals surface area contributed by atoms with E-state index in [2.05, 4.69) is 25.3 Å². The van der Waals surface area contributed by atoms with Crippen LogP contribution in [0.2, 0.25) is 0 Å². The van der Waals surface area contributed by atoms with Crippen LogP contribution in [0.1, 0.15) is 30.3 Å². The number of rotatable bonds is 5. The van der Waals surface area contributed by atoms with E-state index in [1.807, 2.05) is 6.07 Å². The first-order valence-corrected chi connectivity index (χ1v) is 7.76. The summed E-state index contributed by atoms with van der Waals surface area (Å²) in [5.74, 6) is 0.768. The van der Waals surface area contributed by atoms with E-state index >= 15 is 0 Å². The zero-order chi connectivity index (χ0) is 16.9. The molecule has 1 unspecified atom stereocenters. The van der Waals surface area contributed by atoms with Crippen LogP contribution in [-0.2, 0) is 0 Å². The Morgan fingerprint density at radius 3 is 2.96 bits per heavy atom. The van der Waals surface area contributed by atoms with Crippen molar-refractivity contribution < 1.29 is 8.78 Å². The third-order valence-electron chi connectivity index (χ3n) is 3.93. The summed E-state index contributed by atoms with van der Waals surface area (Å²) in [6.45, 7) is 1.95. The maximum absolute atomic E-state index is 12.3. The van der Waals surface area contributed by atoms with Crippen LogP contribution in [0.5, 0.6) is 0 Å². The second kappa shape index (κ2) is 7.39. The number of alkyl halides is 2. The third-order valence-corrected chi connectivity index (χ3v) is 3.93. The molecule has 1 fully saturated rings. The molecule has 2 aromatic heterocycles. The molecule has 8 heteroatoms. The van der Waals surface area contributed by atoms with Gasteiger partial charge in [-0.1, -0.05) is 0 Å². The Morgan fingerprint density at radius 1 is 1.33 bits per heavy atom. The molecule has 24 heavy (non-hydrogen) atoms. The first-order chi connectivity index (χ1) is 11.6. The Bertz CT molecular complexity index is 734. The predicted octanol–water partition coefficient (Wildman–Crippen LogP) is 2.63. The lowest BCUT2D eigenvalue weighted by Gasteiger charge is -2.22. The summed E-state index contributed by atoms with van der Waals surface area (Å²) in [6.07, 6.45) is 4.94. The van der Waals surface area contributed by atoms with E-state index < -0.39 is 12.1 Å². The monoisotopic (exact) mass is 332 g/mol. The van der Waals surface area contributed by atoms with E-state index in [0.717, 1.165) is 37.7 Å². The maximum atomic E-state index is 12.3. The van der Waals surface area contributed by atoms with Crippen LogP contribution in [0.15, 0.2) is 24.7 Å². The number of piperidine rings is 1. The Kier molecular flexibility index (Phi) is 5.05. The normalized spacial score (nSPS) is 18.4. The van der Waals surface area contributed by atoms with E-state index in [9.17, 15) is 8.78 Å². The number of halogens is 2. The molecular formula is C16H18F2N6. The minimum Gasteiger partial charge on any atom is -0.337 e. The number of imidazole rings is 1. The van der Waals surface area contributed by atoms with E-state index in [0.29, 0.717) is 23.1 Å². The number of nitrogens with one attached hydrogen (secondary N) is 3. The van der Waals surface area contributed by atoms with E-state index in [-0.39, 0.29) is 0 Å². The molecule has 3 heterocycles. The lowest BCUT2D eigenvalue weighted by molar-refractivity contribution is 0.226. The van der Waals surface area contributed by atoms with E-state index in [4.69, 9.17) is 5.41 Å². The molecule has 1 atom stereocenters. The summed E-state index contributed by atoms with van der Waals surface area (Å²) in [4.78, 5) is 15.7. The number of aromatic amines is 1. The summed E-state index contributed by atoms with van der Waals surface area (Å²) in [6, 6.07) is 1.93. The third kappa shape index (κ3) is 3.88. The average Bonchev–Trinajstić information content (AvgIpc) is 3.09. The van der Waals surface area contributed by atoms with Gasteiger partial charge in [-0.2, -0.15) is 0 Å². The smallest absolute Gasteiger partial charge is 0.279 e. The quantitative estimate of drug-likeness (QED) is 0.734. The molecule has 2 aromatic rings. The first kappa shape index (κ1) is 16.4. The van der Waals surface area contributed by atoms with Gasteiger partial charge < -0.3 is 10.3 Å². The van der Waals surface area contributed by atoms with Crippen LogP contribution in [0, 0.1) is 5.41 Å². The minimum absolute atomic E-state index is 0.370. The summed E-state index contributed by atoms with van der Waals surface area (Å²) in [7, 11) is 0. The van der Waals surface area contributed by atoms with Gasteiger partial charge in [-0.25, -0.2) is 23.7 Å². The van der Waals surface area contributed by atoms with Gasteiger partial charge in [0.2, 0.25) is 0 Å². The summed E-state index contributed by atoms with van der Waals surface area (Å²) >= 11 is 0. The highest BCUT2D eigenvalue weighted by Gasteiger charge is 2.17. The molecule has 0 amide bonds. The van der Waals surface area contributed by atoms with Crippen molar-refractivity contribution in [2.45, 2.75) is 25.2 Å². The number of nitrogens with zero attached hydrogens (tertiary/aromatic N) is 3. The zero-order valence-corrected chi connectivity index (χ0v) is 13.0. The standard InChI is InChI=1S/C16H18F2N6/c17-16(18)11(19)3-4-15-21-8-14(24-15)13-6-12(22-9-23-13)10-2-1-5-20-7-10/h3-4,6,8-10,16,19-20H,1-2,5,7H2,(H,21,24)/b4-3-,19-11?. The lowest BCUT2D eigenvalue weighted by atomic mass is 9.95. The first-order valence-electron chi connectivity index (χ1n) is 7.76. The van der Waals surface area contributed by atoms with Gasteiger partial charge in [-0.05, 0) is 37.6 Å². The molecule has 0 radical (unpaired) electrons. The SMILES string of the molecule is N=C(/C=C\c1ncc(-c2cc(C3CCCNC3)ncn2)[nH]1)C(F)F. The van der Waals surface area contributed by atoms with Gasteiger partial charge in [0.15, 0.2) is 0 Å². The fourth-order valence-electron chi connectivity index (χ4n) is 2.64. The Morgan fingerprint density at radius 2 is 2.21 bits per heavy atom. The van der Waals surface area contributed by atoms with Crippen molar-refractivity contribution >= 4 is 11.8 Å². The highest BCUT2D eigenvalue weighted by molar-refractivity contribution is 5.97. The molecular weight excluding hydrogens is 314 g/mol. The van der Waals surface area contributed by atoms with Crippen molar-refractivity contribution in [2.24, 2.45) is 0 Å². The van der Waals surface area contributed by atoms with Gasteiger partial charge in [0, 0.05) is 18.2 Å². The second-order valence-corrected chi connectivity index (χ2v) is 5.64. The Labute approximate surface area is 138 Å². The minimum atomic E-state index is -2.79. The molecule has 6 nitrogen and oxygen atoms in total. The van der Waals surface area contributed by atoms with Crippen molar-refractivity contribution in [3.05, 3.63) is 36.2 Å². The number of H-pyrrole nitrogens is 1. The molecule has 1 aliphatic heterocycles. The number of allylic oxidation sites excluding steroid dienone is 1. The maximum Gasteiger partial charge on any atom is 0.279 e. The highest BCUT2D eigenvalue weighted by Crippen LogP contribution is 2.24. The molecule has 1 saturated heterocycles. The van der Waals surface area contributed by atoms with Crippen molar-refractivity contribution in [2.75, 3.05) is 13.1 Å². The highest BCUT2D eigenvalue weighted by atomic mass is 19.3. The van der Waals surface area contributed by atoms with Crippen LogP contribution in [0.25, 0.3) is 17.5 Å². The topological polar surface area (TPSA) is 90.3 Å². The van der Waals surface area contributed by atoms with Crippen molar-refractivity contribution in [3.8, 4) is 11.4 Å². The van der Waals surface area contributed by atoms with Crippen molar-refractivity contribution in [1.82, 2.24) is 25.3 Å². The molecule has 0 aliphatic carbocycles. The number of hydrogen-bond donors (Lipinski definition) is 3. The molecule has 3 N–H and O–H groups in total. The molecule has 3 rings (SSSR count). The van der Waals surface area contributed by atoms with Gasteiger partial charge in [0.05, 0.1) is 23.3 Å². The average molecular weight is 332 g/mol. The van der Waals surface area contributed by atoms with Gasteiger partial charge in [0.25, 0.3) is 6.43 Å². The van der Waals surface area contributed by atoms with Crippen LogP contribution in [0.3, 0.4) is 0 Å². The number of aromatic nitrogens is 4. The van der Waals surface area contributed by atoms with Crippen LogP contribution < -0.4 is 5.32 Å². The summed E-state index contributed by atoms with van der Waals surface area (Å²) in [5.41, 5.74) is 1.63. The van der Waals surface area contributed by atoms with Gasteiger partial charge in [-0.15, -0.1) is 0 Å².